The molecule has 0 aromatic carbocycles. The van der Waals surface area contributed by atoms with Gasteiger partial charge >= 0.3 is 5.97 Å². The molecule has 1 unspecified atom stereocenters. The maximum atomic E-state index is 12.4. The van der Waals surface area contributed by atoms with Crippen molar-refractivity contribution < 1.29 is 19.1 Å². The molecule has 0 bridgehead atoms. The van der Waals surface area contributed by atoms with E-state index in [2.05, 4.69) is 15.0 Å². The molecule has 2 rings (SSSR count). The largest absolute Gasteiger partial charge is 0.465 e. The van der Waals surface area contributed by atoms with Gasteiger partial charge in [0.1, 0.15) is 10.3 Å². The highest BCUT2D eigenvalue weighted by Gasteiger charge is 2.38. The minimum absolute atomic E-state index is 0.0290. The molecule has 7 nitrogen and oxygen atoms in total. The number of nitrogens with one attached hydrogen (secondary N) is 1. The van der Waals surface area contributed by atoms with Crippen molar-refractivity contribution in [1.82, 2.24) is 4.90 Å². The first-order valence-corrected chi connectivity index (χ1v) is 9.25. The van der Waals surface area contributed by atoms with Crippen molar-refractivity contribution in [2.24, 2.45) is 4.99 Å². The topological polar surface area (TPSA) is 88.1 Å². The first-order chi connectivity index (χ1) is 11.5. The van der Waals surface area contributed by atoms with Gasteiger partial charge in [0.05, 0.1) is 12.7 Å². The lowest BCUT2D eigenvalue weighted by molar-refractivity contribution is -0.128. The van der Waals surface area contributed by atoms with Crippen LogP contribution >= 0.6 is 23.1 Å². The van der Waals surface area contributed by atoms with E-state index in [4.69, 9.17) is 0 Å². The highest BCUT2D eigenvalue weighted by Crippen LogP contribution is 2.30. The Balaban J connectivity index is 2.03. The smallest absolute Gasteiger partial charge is 0.340 e. The van der Waals surface area contributed by atoms with Crippen LogP contribution in [-0.2, 0) is 14.3 Å². The number of thioether (sulfide) groups is 1. The minimum Gasteiger partial charge on any atom is -0.465 e. The Labute approximate surface area is 148 Å². The molecule has 0 radical (unpaired) electrons. The zero-order chi connectivity index (χ0) is 17.7. The van der Waals surface area contributed by atoms with E-state index in [-0.39, 0.29) is 18.2 Å². The number of nitrogens with zero attached hydrogens (tertiary/aromatic N) is 2. The van der Waals surface area contributed by atoms with E-state index in [0.717, 1.165) is 0 Å². The van der Waals surface area contributed by atoms with Crippen LogP contribution in [0.15, 0.2) is 16.4 Å². The number of aliphatic imine (C=N–C) groups is 1. The Morgan fingerprint density at radius 3 is 2.79 bits per heavy atom. The number of amides is 2. The van der Waals surface area contributed by atoms with Crippen molar-refractivity contribution in [3.05, 3.63) is 17.0 Å². The maximum absolute atomic E-state index is 12.4. The van der Waals surface area contributed by atoms with Crippen LogP contribution in [0.4, 0.5) is 5.00 Å². The number of ether oxygens (including phenoxy) is 1. The van der Waals surface area contributed by atoms with Gasteiger partial charge in [0.25, 0.3) is 0 Å². The monoisotopic (exact) mass is 369 g/mol. The minimum atomic E-state index is -0.507. The normalized spacial score (nSPS) is 19.0. The predicted octanol–water partition coefficient (Wildman–Crippen LogP) is 2.20. The number of esters is 1. The third-order valence-corrected chi connectivity index (χ3v) is 5.37. The molecule has 1 N–H and O–H groups in total. The Kier molecular flexibility index (Phi) is 6.38. The number of methoxy groups -OCH3 is 1. The predicted molar refractivity (Wildman–Crippen MR) is 95.6 cm³/mol. The number of hydrogen-bond donors (Lipinski definition) is 1. The van der Waals surface area contributed by atoms with Crippen LogP contribution in [0, 0.1) is 0 Å². The van der Waals surface area contributed by atoms with E-state index < -0.39 is 11.2 Å². The number of anilines is 1. The van der Waals surface area contributed by atoms with Gasteiger partial charge in [-0.15, -0.1) is 11.3 Å². The zero-order valence-electron chi connectivity index (χ0n) is 13.7. The van der Waals surface area contributed by atoms with E-state index in [1.54, 1.807) is 16.3 Å². The lowest BCUT2D eigenvalue weighted by Gasteiger charge is -2.13. The van der Waals surface area contributed by atoms with E-state index in [9.17, 15) is 14.4 Å². The number of thiophene rings is 1. The van der Waals surface area contributed by atoms with Crippen LogP contribution in [0.3, 0.4) is 0 Å². The van der Waals surface area contributed by atoms with Gasteiger partial charge in [0, 0.05) is 19.5 Å². The summed E-state index contributed by atoms with van der Waals surface area (Å²) in [6.45, 7) is 4.89. The summed E-state index contributed by atoms with van der Waals surface area (Å²) in [5.74, 6) is -0.932. The zero-order valence-corrected chi connectivity index (χ0v) is 15.3. The van der Waals surface area contributed by atoms with Crippen LogP contribution in [-0.4, -0.2) is 53.3 Å². The molecule has 130 valence electrons. The summed E-state index contributed by atoms with van der Waals surface area (Å²) in [6, 6.07) is 1.59. The van der Waals surface area contributed by atoms with Crippen molar-refractivity contribution in [2.45, 2.75) is 25.5 Å². The molecular formula is C15H19N3O4S2. The fraction of sp³-hybridized carbons (Fsp3) is 0.467. The molecule has 1 saturated heterocycles. The lowest BCUT2D eigenvalue weighted by Crippen LogP contribution is -2.33. The molecule has 9 heteroatoms. The molecule has 2 heterocycles. The first-order valence-electron chi connectivity index (χ1n) is 7.49. The Morgan fingerprint density at radius 1 is 1.42 bits per heavy atom. The first kappa shape index (κ1) is 18.5. The second-order valence-electron chi connectivity index (χ2n) is 4.85. The van der Waals surface area contributed by atoms with Crippen LogP contribution in [0.2, 0.25) is 0 Å². The molecule has 1 aliphatic heterocycles. The molecule has 0 saturated carbocycles. The molecule has 24 heavy (non-hydrogen) atoms. The summed E-state index contributed by atoms with van der Waals surface area (Å²) in [6.07, 6.45) is 0.0290. The fourth-order valence-electron chi connectivity index (χ4n) is 2.21. The summed E-state index contributed by atoms with van der Waals surface area (Å²) in [7, 11) is 1.29. The van der Waals surface area contributed by atoms with Gasteiger partial charge in [-0.3, -0.25) is 19.5 Å². The average Bonchev–Trinajstić information content (AvgIpc) is 3.12. The summed E-state index contributed by atoms with van der Waals surface area (Å²) in [5, 5.41) is 4.98. The molecule has 0 spiro atoms. The van der Waals surface area contributed by atoms with Gasteiger partial charge in [-0.2, -0.15) is 0 Å². The van der Waals surface area contributed by atoms with Crippen LogP contribution < -0.4 is 5.32 Å². The maximum Gasteiger partial charge on any atom is 0.340 e. The van der Waals surface area contributed by atoms with Crippen molar-refractivity contribution in [2.75, 3.05) is 25.5 Å². The highest BCUT2D eigenvalue weighted by atomic mass is 32.2. The second kappa shape index (κ2) is 8.29. The Hall–Kier alpha value is -1.87. The second-order valence-corrected chi connectivity index (χ2v) is 6.94. The molecule has 1 fully saturated rings. The fourth-order valence-corrected chi connectivity index (χ4v) is 4.27. The van der Waals surface area contributed by atoms with Gasteiger partial charge < -0.3 is 10.1 Å². The third kappa shape index (κ3) is 3.96. The standard InChI is InChI=1S/C15H19N3O4S2/c1-4-16-15-18(5-2)13(20)10(24-15)8-11(19)17-12-9(6-7-23-12)14(21)22-3/h6-7,10H,4-5,8H2,1-3H3,(H,17,19). The number of carbonyl (C=O) groups excluding carboxylic acids is 3. The third-order valence-electron chi connectivity index (χ3n) is 3.32. The van der Waals surface area contributed by atoms with E-state index in [1.165, 1.54) is 30.2 Å². The number of amidine groups is 1. The van der Waals surface area contributed by atoms with Gasteiger partial charge in [-0.1, -0.05) is 11.8 Å². The van der Waals surface area contributed by atoms with Gasteiger partial charge in [-0.25, -0.2) is 4.79 Å². The molecule has 1 atom stereocenters. The van der Waals surface area contributed by atoms with Crippen LogP contribution in [0.1, 0.15) is 30.6 Å². The number of hydrogen-bond acceptors (Lipinski definition) is 7. The molecule has 2 amide bonds. The lowest BCUT2D eigenvalue weighted by atomic mass is 10.2. The summed E-state index contributed by atoms with van der Waals surface area (Å²) in [4.78, 5) is 42.1. The number of carbonyl (C=O) groups is 3. The van der Waals surface area contributed by atoms with E-state index >= 15 is 0 Å². The Morgan fingerprint density at radius 2 is 2.17 bits per heavy atom. The van der Waals surface area contributed by atoms with Crippen LogP contribution in [0.5, 0.6) is 0 Å². The molecular weight excluding hydrogens is 350 g/mol. The summed E-state index contributed by atoms with van der Waals surface area (Å²) < 4.78 is 4.67. The molecule has 1 aromatic rings. The van der Waals surface area contributed by atoms with Gasteiger partial charge in [0.2, 0.25) is 11.8 Å². The number of rotatable bonds is 6. The SMILES string of the molecule is CCN=C1SC(CC(=O)Nc2sccc2C(=O)OC)C(=O)N1CC. The van der Waals surface area contributed by atoms with Crippen molar-refractivity contribution in [1.29, 1.82) is 0 Å². The molecule has 0 aliphatic carbocycles. The van der Waals surface area contributed by atoms with Gasteiger partial charge in [-0.05, 0) is 25.3 Å². The highest BCUT2D eigenvalue weighted by molar-refractivity contribution is 8.15. The van der Waals surface area contributed by atoms with Gasteiger partial charge in [0.15, 0.2) is 5.17 Å². The van der Waals surface area contributed by atoms with Crippen LogP contribution in [0.25, 0.3) is 0 Å². The molecule has 1 aromatic heterocycles. The summed E-state index contributed by atoms with van der Waals surface area (Å²) >= 11 is 2.54. The average molecular weight is 369 g/mol. The molecule has 1 aliphatic rings. The Bertz CT molecular complexity index is 671. The quantitative estimate of drug-likeness (QED) is 0.777. The van der Waals surface area contributed by atoms with Crippen molar-refractivity contribution in [3.8, 4) is 0 Å². The van der Waals surface area contributed by atoms with Crippen molar-refractivity contribution >= 4 is 51.1 Å². The van der Waals surface area contributed by atoms with Crippen molar-refractivity contribution in [3.63, 3.8) is 0 Å². The van der Waals surface area contributed by atoms with E-state index in [0.29, 0.717) is 28.8 Å². The summed E-state index contributed by atoms with van der Waals surface area (Å²) in [5.41, 5.74) is 0.310. The van der Waals surface area contributed by atoms with E-state index in [1.807, 2.05) is 13.8 Å².